The maximum absolute atomic E-state index is 14.3. The predicted molar refractivity (Wildman–Crippen MR) is 192 cm³/mol. The molecule has 0 aliphatic carbocycles. The number of rotatable bonds is 14. The Bertz CT molecular complexity index is 2140. The molecule has 51 heavy (non-hydrogen) atoms. The van der Waals surface area contributed by atoms with Gasteiger partial charge in [0, 0.05) is 0 Å². The van der Waals surface area contributed by atoms with Crippen LogP contribution in [0.25, 0.3) is 6.08 Å². The van der Waals surface area contributed by atoms with Crippen LogP contribution < -0.4 is 33.8 Å². The number of carbonyl (C=O) groups is 2. The summed E-state index contributed by atoms with van der Waals surface area (Å²) in [5.41, 5.74) is 2.18. The largest absolute Gasteiger partial charge is 0.490 e. The molecule has 268 valence electrons. The lowest BCUT2D eigenvalue weighted by atomic mass is 9.95. The molecule has 3 aromatic carbocycles. The number of thiazole rings is 1. The maximum atomic E-state index is 14.3. The first kappa shape index (κ1) is 37.3. The molecule has 0 spiro atoms. The zero-order valence-corrected chi connectivity index (χ0v) is 31.0. The van der Waals surface area contributed by atoms with E-state index in [1.165, 1.54) is 35.1 Å². The van der Waals surface area contributed by atoms with Crippen LogP contribution in [0.3, 0.4) is 0 Å². The van der Waals surface area contributed by atoms with Gasteiger partial charge in [-0.05, 0) is 103 Å². The third-order valence-electron chi connectivity index (χ3n) is 7.60. The number of methoxy groups -OCH3 is 1. The van der Waals surface area contributed by atoms with Gasteiger partial charge < -0.3 is 28.4 Å². The van der Waals surface area contributed by atoms with Crippen molar-refractivity contribution < 1.29 is 42.4 Å². The summed E-state index contributed by atoms with van der Waals surface area (Å²) >= 11 is 4.76. The molecule has 0 saturated heterocycles. The van der Waals surface area contributed by atoms with E-state index in [-0.39, 0.29) is 49.1 Å². The van der Waals surface area contributed by atoms with Gasteiger partial charge in [0.05, 0.1) is 53.2 Å². The molecule has 5 rings (SSSR count). The quantitative estimate of drug-likeness (QED) is 0.150. The van der Waals surface area contributed by atoms with Crippen molar-refractivity contribution in [3.63, 3.8) is 0 Å². The Labute approximate surface area is 305 Å². The first-order valence-electron chi connectivity index (χ1n) is 16.1. The van der Waals surface area contributed by atoms with Crippen LogP contribution >= 0.6 is 27.3 Å². The van der Waals surface area contributed by atoms with Gasteiger partial charge in [-0.15, -0.1) is 0 Å². The van der Waals surface area contributed by atoms with Gasteiger partial charge in [0.15, 0.2) is 34.4 Å². The zero-order valence-electron chi connectivity index (χ0n) is 28.6. The average molecular weight is 784 g/mol. The van der Waals surface area contributed by atoms with Gasteiger partial charge in [-0.25, -0.2) is 19.0 Å². The summed E-state index contributed by atoms with van der Waals surface area (Å²) in [4.78, 5) is 44.5. The number of hydrogen-bond acceptors (Lipinski definition) is 11. The van der Waals surface area contributed by atoms with E-state index in [2.05, 4.69) is 25.7 Å². The zero-order chi connectivity index (χ0) is 36.7. The monoisotopic (exact) mass is 782 g/mol. The average Bonchev–Trinajstić information content (AvgIpc) is 3.41. The van der Waals surface area contributed by atoms with Gasteiger partial charge in [0.25, 0.3) is 5.56 Å². The van der Waals surface area contributed by atoms with E-state index in [1.807, 2.05) is 6.92 Å². The Morgan fingerprint density at radius 3 is 2.35 bits per heavy atom. The van der Waals surface area contributed by atoms with Crippen molar-refractivity contribution in [3.8, 4) is 23.0 Å². The van der Waals surface area contributed by atoms with Crippen molar-refractivity contribution in [2.75, 3.05) is 33.5 Å². The van der Waals surface area contributed by atoms with Crippen molar-refractivity contribution in [2.45, 2.75) is 40.3 Å². The van der Waals surface area contributed by atoms with Gasteiger partial charge in [-0.2, -0.15) is 0 Å². The number of halogens is 2. The normalized spacial score (nSPS) is 14.0. The number of allylic oxidation sites excluding steroid dienone is 1. The molecule has 0 amide bonds. The lowest BCUT2D eigenvalue weighted by molar-refractivity contribution is -0.143. The Kier molecular flexibility index (Phi) is 12.3. The van der Waals surface area contributed by atoms with Gasteiger partial charge in [0.2, 0.25) is 0 Å². The molecule has 1 aromatic heterocycles. The van der Waals surface area contributed by atoms with E-state index in [9.17, 15) is 18.8 Å². The molecule has 0 unspecified atom stereocenters. The van der Waals surface area contributed by atoms with Crippen molar-refractivity contribution in [1.29, 1.82) is 0 Å². The summed E-state index contributed by atoms with van der Waals surface area (Å²) in [6.45, 7) is 7.67. The summed E-state index contributed by atoms with van der Waals surface area (Å²) in [5.74, 6) is 0.000647. The van der Waals surface area contributed by atoms with E-state index < -0.39 is 18.0 Å². The van der Waals surface area contributed by atoms with E-state index >= 15 is 0 Å². The van der Waals surface area contributed by atoms with Crippen LogP contribution in [0.4, 0.5) is 4.39 Å². The Balaban J connectivity index is 1.59. The van der Waals surface area contributed by atoms with Gasteiger partial charge >= 0.3 is 11.9 Å². The molecule has 1 aliphatic heterocycles. The number of ether oxygens (including phenoxy) is 6. The predicted octanol–water partition coefficient (Wildman–Crippen LogP) is 5.63. The first-order chi connectivity index (χ1) is 24.6. The number of carbonyl (C=O) groups excluding carboxylic acids is 2. The number of fused-ring (bicyclic) bond motifs is 1. The van der Waals surface area contributed by atoms with Crippen LogP contribution in [0.5, 0.6) is 23.0 Å². The van der Waals surface area contributed by atoms with Crippen LogP contribution in [0.2, 0.25) is 0 Å². The second-order valence-electron chi connectivity index (χ2n) is 11.0. The summed E-state index contributed by atoms with van der Waals surface area (Å²) < 4.78 is 49.4. The maximum Gasteiger partial charge on any atom is 0.343 e. The second-order valence-corrected chi connectivity index (χ2v) is 12.8. The highest BCUT2D eigenvalue weighted by atomic mass is 79.9. The number of benzene rings is 3. The van der Waals surface area contributed by atoms with Crippen LogP contribution in [0.15, 0.2) is 80.1 Å². The molecule has 1 aliphatic rings. The number of aromatic nitrogens is 1. The molecule has 0 fully saturated rings. The molecule has 4 aromatic rings. The molecule has 14 heteroatoms. The molecule has 2 heterocycles. The standard InChI is InChI=1S/C37H36BrFN2O9S/c1-6-46-28-18-24(11-14-27(28)49-20-31(42)45-5)33-32(36(44)48-8-3)21(4)40-37-41(33)35(43)30(51-37)17-23-15-26(38)34(29(16-23)47-7-2)50-19-22-9-12-25(39)13-10-22/h9-18,33H,6-8,19-20H2,1-5H3/b30-17-/t33-/m1/s1. The molecular weight excluding hydrogens is 747 g/mol. The van der Waals surface area contributed by atoms with Crippen molar-refractivity contribution in [3.05, 3.63) is 113 Å². The molecule has 0 N–H and O–H groups in total. The lowest BCUT2D eigenvalue weighted by Crippen LogP contribution is -2.40. The highest BCUT2D eigenvalue weighted by Gasteiger charge is 2.34. The minimum atomic E-state index is -0.913. The number of nitrogens with zero attached hydrogens (tertiary/aromatic N) is 2. The van der Waals surface area contributed by atoms with E-state index in [1.54, 1.807) is 69.3 Å². The molecule has 11 nitrogen and oxygen atoms in total. The number of hydrogen-bond donors (Lipinski definition) is 0. The fraction of sp³-hybridized carbons (Fsp3) is 0.297. The minimum absolute atomic E-state index is 0.123. The Morgan fingerprint density at radius 1 is 0.941 bits per heavy atom. The fourth-order valence-electron chi connectivity index (χ4n) is 5.35. The SMILES string of the molecule is CCOC(=O)C1=C(C)N=c2s/c(=C\c3cc(Br)c(OCc4ccc(F)cc4)c(OCC)c3)c(=O)n2[C@@H]1c1ccc(OCC(=O)OC)c(OCC)c1. The van der Waals surface area contributed by atoms with E-state index in [0.717, 1.165) is 5.56 Å². The van der Waals surface area contributed by atoms with Crippen LogP contribution in [-0.4, -0.2) is 50.0 Å². The third kappa shape index (κ3) is 8.51. The van der Waals surface area contributed by atoms with Crippen LogP contribution in [0.1, 0.15) is 50.4 Å². The minimum Gasteiger partial charge on any atom is -0.490 e. The van der Waals surface area contributed by atoms with Gasteiger partial charge in [-0.1, -0.05) is 29.5 Å². The van der Waals surface area contributed by atoms with E-state index in [0.29, 0.717) is 54.5 Å². The second kappa shape index (κ2) is 16.8. The molecule has 0 radical (unpaired) electrons. The number of esters is 2. The van der Waals surface area contributed by atoms with Crippen molar-refractivity contribution in [2.24, 2.45) is 4.99 Å². The molecule has 0 saturated carbocycles. The summed E-state index contributed by atoms with van der Waals surface area (Å²) in [6.07, 6.45) is 1.72. The smallest absolute Gasteiger partial charge is 0.343 e. The molecule has 0 bridgehead atoms. The van der Waals surface area contributed by atoms with Crippen LogP contribution in [0, 0.1) is 5.82 Å². The Hall–Kier alpha value is -4.95. The van der Waals surface area contributed by atoms with Crippen LogP contribution in [-0.2, 0) is 25.7 Å². The summed E-state index contributed by atoms with van der Waals surface area (Å²) in [6, 6.07) is 13.7. The Morgan fingerprint density at radius 2 is 1.67 bits per heavy atom. The van der Waals surface area contributed by atoms with Gasteiger partial charge in [0.1, 0.15) is 12.4 Å². The molecular formula is C37H36BrFN2O9S. The molecule has 1 atom stereocenters. The summed E-state index contributed by atoms with van der Waals surface area (Å²) in [7, 11) is 1.26. The highest BCUT2D eigenvalue weighted by Crippen LogP contribution is 2.39. The summed E-state index contributed by atoms with van der Waals surface area (Å²) in [5, 5.41) is 0. The van der Waals surface area contributed by atoms with Crippen molar-refractivity contribution >= 4 is 45.3 Å². The highest BCUT2D eigenvalue weighted by molar-refractivity contribution is 9.10. The first-order valence-corrected chi connectivity index (χ1v) is 17.7. The van der Waals surface area contributed by atoms with Gasteiger partial charge in [-0.3, -0.25) is 9.36 Å². The third-order valence-corrected chi connectivity index (χ3v) is 9.17. The lowest BCUT2D eigenvalue weighted by Gasteiger charge is -2.25. The topological polar surface area (TPSA) is 124 Å². The van der Waals surface area contributed by atoms with E-state index in [4.69, 9.17) is 23.7 Å². The fourth-order valence-corrected chi connectivity index (χ4v) is 6.97. The van der Waals surface area contributed by atoms with Crippen molar-refractivity contribution in [1.82, 2.24) is 4.57 Å².